The third kappa shape index (κ3) is 12.0. The number of para-hydroxylation sites is 1. The number of unbranched alkanes of at least 4 members (excludes halogenated alkanes) is 1. The van der Waals surface area contributed by atoms with Crippen LogP contribution < -0.4 is 26.0 Å². The molecular weight excluding hydrogens is 520 g/mol. The fraction of sp³-hybridized carbons (Fsp3) is 0.344. The smallest absolute Gasteiger partial charge is 0.407 e. The zero-order valence-electron chi connectivity index (χ0n) is 24.0. The van der Waals surface area contributed by atoms with Gasteiger partial charge in [0.05, 0.1) is 24.4 Å². The summed E-state index contributed by atoms with van der Waals surface area (Å²) in [4.78, 5) is 36.7. The van der Waals surface area contributed by atoms with E-state index < -0.39 is 11.7 Å². The molecule has 0 aliphatic heterocycles. The molecule has 0 atom stereocenters. The normalized spacial score (nSPS) is 10.8. The van der Waals surface area contributed by atoms with Crippen molar-refractivity contribution in [1.82, 2.24) is 16.0 Å². The summed E-state index contributed by atoms with van der Waals surface area (Å²) >= 11 is 0. The molecule has 3 aromatic carbocycles. The first-order valence-electron chi connectivity index (χ1n) is 13.8. The number of carbonyl (C=O) groups is 3. The highest BCUT2D eigenvalue weighted by Gasteiger charge is 2.15. The molecule has 0 bridgehead atoms. The summed E-state index contributed by atoms with van der Waals surface area (Å²) < 4.78 is 11.1. The number of amides is 3. The molecule has 9 heteroatoms. The predicted molar refractivity (Wildman–Crippen MR) is 161 cm³/mol. The van der Waals surface area contributed by atoms with E-state index in [0.29, 0.717) is 43.8 Å². The van der Waals surface area contributed by atoms with Crippen molar-refractivity contribution in [3.63, 3.8) is 0 Å². The van der Waals surface area contributed by atoms with Gasteiger partial charge >= 0.3 is 6.09 Å². The Bertz CT molecular complexity index is 1270. The summed E-state index contributed by atoms with van der Waals surface area (Å²) in [6.07, 6.45) is 1.71. The molecule has 3 aromatic rings. The Morgan fingerprint density at radius 2 is 1.49 bits per heavy atom. The first-order valence-corrected chi connectivity index (χ1v) is 13.8. The Labute approximate surface area is 242 Å². The molecule has 0 aliphatic rings. The highest BCUT2D eigenvalue weighted by atomic mass is 16.6. The van der Waals surface area contributed by atoms with Crippen molar-refractivity contribution in [2.75, 3.05) is 31.6 Å². The second-order valence-electron chi connectivity index (χ2n) is 10.5. The summed E-state index contributed by atoms with van der Waals surface area (Å²) in [6.45, 7) is 6.71. The van der Waals surface area contributed by atoms with Gasteiger partial charge in [-0.1, -0.05) is 48.5 Å². The van der Waals surface area contributed by atoms with E-state index in [1.807, 2.05) is 54.6 Å². The number of alkyl carbamates (subject to hydrolysis) is 1. The summed E-state index contributed by atoms with van der Waals surface area (Å²) in [5, 5.41) is 11.4. The van der Waals surface area contributed by atoms with Gasteiger partial charge in [0.1, 0.15) is 11.4 Å². The van der Waals surface area contributed by atoms with Crippen LogP contribution >= 0.6 is 0 Å². The SMILES string of the molecule is CC(C)(C)OC(=O)NCCCCNC(=O)CNC(=O)c1ccccc1Nc1cccc(OCCc2ccccc2)c1. The van der Waals surface area contributed by atoms with Gasteiger partial charge in [-0.05, 0) is 63.4 Å². The molecule has 3 rings (SSSR count). The van der Waals surface area contributed by atoms with Gasteiger partial charge in [0.15, 0.2) is 0 Å². The Kier molecular flexibility index (Phi) is 12.0. The van der Waals surface area contributed by atoms with Crippen LogP contribution in [0.3, 0.4) is 0 Å². The monoisotopic (exact) mass is 560 g/mol. The minimum absolute atomic E-state index is 0.145. The number of nitrogens with one attached hydrogen (secondary N) is 4. The molecule has 3 amide bonds. The van der Waals surface area contributed by atoms with E-state index in [4.69, 9.17) is 9.47 Å². The van der Waals surface area contributed by atoms with Gasteiger partial charge in [-0.15, -0.1) is 0 Å². The van der Waals surface area contributed by atoms with Crippen LogP contribution in [0, 0.1) is 0 Å². The number of ether oxygens (including phenoxy) is 2. The average Bonchev–Trinajstić information content (AvgIpc) is 2.94. The average molecular weight is 561 g/mol. The molecule has 0 radical (unpaired) electrons. The minimum Gasteiger partial charge on any atom is -0.493 e. The Morgan fingerprint density at radius 3 is 2.24 bits per heavy atom. The molecule has 9 nitrogen and oxygen atoms in total. The first-order chi connectivity index (χ1) is 19.7. The van der Waals surface area contributed by atoms with Gasteiger partial charge in [0.2, 0.25) is 5.91 Å². The summed E-state index contributed by atoms with van der Waals surface area (Å²) in [5.74, 6) is 0.0782. The molecule has 0 saturated heterocycles. The van der Waals surface area contributed by atoms with Crippen molar-refractivity contribution in [2.45, 2.75) is 45.6 Å². The van der Waals surface area contributed by atoms with E-state index in [2.05, 4.69) is 33.4 Å². The van der Waals surface area contributed by atoms with Crippen LogP contribution in [-0.2, 0) is 16.0 Å². The first kappa shape index (κ1) is 31.0. The van der Waals surface area contributed by atoms with Gasteiger partial charge < -0.3 is 30.7 Å². The van der Waals surface area contributed by atoms with Gasteiger partial charge in [0.25, 0.3) is 5.91 Å². The number of anilines is 2. The molecule has 0 fully saturated rings. The lowest BCUT2D eigenvalue weighted by Crippen LogP contribution is -2.37. The van der Waals surface area contributed by atoms with Gasteiger partial charge in [0, 0.05) is 31.3 Å². The fourth-order valence-corrected chi connectivity index (χ4v) is 3.84. The molecule has 0 spiro atoms. The molecular formula is C32H40N4O5. The van der Waals surface area contributed by atoms with Crippen molar-refractivity contribution in [1.29, 1.82) is 0 Å². The Hall–Kier alpha value is -4.53. The maximum Gasteiger partial charge on any atom is 0.407 e. The fourth-order valence-electron chi connectivity index (χ4n) is 3.84. The summed E-state index contributed by atoms with van der Waals surface area (Å²) in [6, 6.07) is 24.8. The van der Waals surface area contributed by atoms with Crippen molar-refractivity contribution in [2.24, 2.45) is 0 Å². The number of hydrogen-bond donors (Lipinski definition) is 4. The van der Waals surface area contributed by atoms with Crippen molar-refractivity contribution >= 4 is 29.3 Å². The zero-order chi connectivity index (χ0) is 29.5. The Morgan fingerprint density at radius 1 is 0.780 bits per heavy atom. The largest absolute Gasteiger partial charge is 0.493 e. The third-order valence-corrected chi connectivity index (χ3v) is 5.79. The third-order valence-electron chi connectivity index (χ3n) is 5.79. The molecule has 0 aliphatic carbocycles. The highest BCUT2D eigenvalue weighted by molar-refractivity contribution is 6.01. The van der Waals surface area contributed by atoms with Crippen LogP contribution in [0.1, 0.15) is 49.5 Å². The van der Waals surface area contributed by atoms with Crippen LogP contribution in [0.5, 0.6) is 5.75 Å². The molecule has 218 valence electrons. The zero-order valence-corrected chi connectivity index (χ0v) is 24.0. The maximum atomic E-state index is 12.9. The number of hydrogen-bond acceptors (Lipinski definition) is 6. The number of rotatable bonds is 14. The van der Waals surface area contributed by atoms with Crippen LogP contribution in [0.15, 0.2) is 78.9 Å². The Balaban J connectivity index is 1.40. The van der Waals surface area contributed by atoms with Crippen molar-refractivity contribution in [3.8, 4) is 5.75 Å². The number of carbonyl (C=O) groups excluding carboxylic acids is 3. The van der Waals surface area contributed by atoms with E-state index in [1.165, 1.54) is 5.56 Å². The molecule has 0 aromatic heterocycles. The van der Waals surface area contributed by atoms with Crippen molar-refractivity contribution < 1.29 is 23.9 Å². The molecule has 0 unspecified atom stereocenters. The van der Waals surface area contributed by atoms with Crippen LogP contribution in [-0.4, -0.2) is 49.7 Å². The highest BCUT2D eigenvalue weighted by Crippen LogP contribution is 2.24. The van der Waals surface area contributed by atoms with Gasteiger partial charge in [-0.2, -0.15) is 0 Å². The van der Waals surface area contributed by atoms with E-state index in [1.54, 1.807) is 32.9 Å². The van der Waals surface area contributed by atoms with Crippen LogP contribution in [0.2, 0.25) is 0 Å². The second kappa shape index (κ2) is 15.9. The van der Waals surface area contributed by atoms with Crippen molar-refractivity contribution in [3.05, 3.63) is 90.0 Å². The second-order valence-corrected chi connectivity index (χ2v) is 10.5. The van der Waals surface area contributed by atoms with E-state index in [9.17, 15) is 14.4 Å². The molecule has 4 N–H and O–H groups in total. The van der Waals surface area contributed by atoms with Crippen LogP contribution in [0.4, 0.5) is 16.2 Å². The van der Waals surface area contributed by atoms with E-state index >= 15 is 0 Å². The number of benzene rings is 3. The van der Waals surface area contributed by atoms with E-state index in [0.717, 1.165) is 17.9 Å². The minimum atomic E-state index is -0.540. The molecule has 0 heterocycles. The lowest BCUT2D eigenvalue weighted by atomic mass is 10.1. The summed E-state index contributed by atoms with van der Waals surface area (Å²) in [5.41, 5.74) is 2.49. The maximum absolute atomic E-state index is 12.9. The predicted octanol–water partition coefficient (Wildman–Crippen LogP) is 5.20. The van der Waals surface area contributed by atoms with E-state index in [-0.39, 0.29) is 18.4 Å². The lowest BCUT2D eigenvalue weighted by molar-refractivity contribution is -0.120. The quantitative estimate of drug-likeness (QED) is 0.201. The van der Waals surface area contributed by atoms with Gasteiger partial charge in [-0.25, -0.2) is 4.79 Å². The summed E-state index contributed by atoms with van der Waals surface area (Å²) in [7, 11) is 0. The topological polar surface area (TPSA) is 118 Å². The lowest BCUT2D eigenvalue weighted by Gasteiger charge is -2.19. The molecule has 41 heavy (non-hydrogen) atoms. The van der Waals surface area contributed by atoms with Crippen LogP contribution in [0.25, 0.3) is 0 Å². The molecule has 0 saturated carbocycles. The van der Waals surface area contributed by atoms with Gasteiger partial charge in [-0.3, -0.25) is 9.59 Å². The standard InChI is InChI=1S/C32H40N4O5/c1-32(2,3)41-31(39)34-20-10-9-19-33-29(37)23-35-30(38)27-16-7-8-17-28(27)36-25-14-11-15-26(22-25)40-21-18-24-12-5-4-6-13-24/h4-8,11-17,22,36H,9-10,18-21,23H2,1-3H3,(H,33,37)(H,34,39)(H,35,38).